The smallest absolute Gasteiger partial charge is 0.308 e. The zero-order valence-corrected chi connectivity index (χ0v) is 7.67. The lowest BCUT2D eigenvalue weighted by Crippen LogP contribution is -2.09. The highest BCUT2D eigenvalue weighted by Crippen LogP contribution is 1.80. The van der Waals surface area contributed by atoms with Gasteiger partial charge in [-0.3, -0.25) is 0 Å². The first-order valence-electron chi connectivity index (χ1n) is 3.29. The third-order valence-electron chi connectivity index (χ3n) is 0.500. The molecule has 0 bridgehead atoms. The molecule has 2 nitrogen and oxygen atoms in total. The van der Waals surface area contributed by atoms with Crippen molar-refractivity contribution in [3.8, 4) is 0 Å². The lowest BCUT2D eigenvalue weighted by Gasteiger charge is -1.86. The normalized spacial score (nSPS) is 7.67. The Kier molecular flexibility index (Phi) is 15.1. The summed E-state index contributed by atoms with van der Waals surface area (Å²) < 4.78 is 0. The summed E-state index contributed by atoms with van der Waals surface area (Å²) in [6, 6.07) is 0. The predicted octanol–water partition coefficient (Wildman–Crippen LogP) is 0.588. The number of hydrogen-bond donors (Lipinski definition) is 2. The van der Waals surface area contributed by atoms with E-state index < -0.39 is 0 Å². The van der Waals surface area contributed by atoms with Crippen molar-refractivity contribution >= 4 is 15.8 Å². The van der Waals surface area contributed by atoms with Crippen molar-refractivity contribution < 1.29 is 5.02 Å². The van der Waals surface area contributed by atoms with Crippen LogP contribution in [0, 0.1) is 0 Å². The van der Waals surface area contributed by atoms with Crippen LogP contribution in [0.4, 0.5) is 0 Å². The molecule has 0 aromatic carbocycles. The minimum Gasteiger partial charge on any atom is -0.447 e. The molecule has 0 saturated heterocycles. The highest BCUT2D eigenvalue weighted by Gasteiger charge is 1.81. The molecule has 1 unspecified atom stereocenters. The molecule has 9 heavy (non-hydrogen) atoms. The first-order valence-corrected chi connectivity index (χ1v) is 3.96. The van der Waals surface area contributed by atoms with Crippen LogP contribution in [-0.4, -0.2) is 24.7 Å². The summed E-state index contributed by atoms with van der Waals surface area (Å²) in [5.74, 6) is 0. The summed E-state index contributed by atoms with van der Waals surface area (Å²) >= 11 is 0. The Bertz CT molecular complexity index is 41.2. The molecule has 0 rings (SSSR count). The highest BCUT2D eigenvalue weighted by molar-refractivity contribution is 7.59. The molecule has 0 aliphatic heterocycles. The Morgan fingerprint density at radius 3 is 1.67 bits per heavy atom. The van der Waals surface area contributed by atoms with E-state index in [1.54, 1.807) is 6.82 Å². The molecule has 0 aromatic rings. The molecule has 4 heteroatoms. The van der Waals surface area contributed by atoms with Gasteiger partial charge in [0.2, 0.25) is 0 Å². The van der Waals surface area contributed by atoms with Crippen molar-refractivity contribution in [1.82, 2.24) is 5.32 Å². The molecule has 2 N–H and O–H groups in total. The summed E-state index contributed by atoms with van der Waals surface area (Å²) in [7, 11) is 2.21. The molecule has 0 saturated carbocycles. The zero-order chi connectivity index (χ0) is 7.70. The van der Waals surface area contributed by atoms with Gasteiger partial charge in [-0.25, -0.2) is 0 Å². The summed E-state index contributed by atoms with van der Waals surface area (Å²) in [4.78, 5) is 0. The maximum Gasteiger partial charge on any atom is 0.308 e. The van der Waals surface area contributed by atoms with E-state index in [-0.39, 0.29) is 6.64 Å². The second-order valence-corrected chi connectivity index (χ2v) is 2.66. The topological polar surface area (TPSA) is 32.3 Å². The van der Waals surface area contributed by atoms with E-state index in [1.165, 1.54) is 0 Å². The van der Waals surface area contributed by atoms with Crippen LogP contribution >= 0.6 is 9.12 Å². The first-order chi connectivity index (χ1) is 4.15. The van der Waals surface area contributed by atoms with Gasteiger partial charge >= 0.3 is 6.64 Å². The standard InChI is InChI=1S/C4H11N.CH6BOP/c1-3-5-4-2;1-2(3)4/h5H,3-4H2,1-2H3;3H,4H2,1H3. The van der Waals surface area contributed by atoms with E-state index in [9.17, 15) is 0 Å². The fourth-order valence-electron chi connectivity index (χ4n) is 0.250. The molecule has 56 valence electrons. The van der Waals surface area contributed by atoms with Crippen molar-refractivity contribution in [3.63, 3.8) is 0 Å². The second-order valence-electron chi connectivity index (χ2n) is 1.70. The molecule has 0 radical (unpaired) electrons. The molecule has 0 amide bonds. The molecule has 0 fully saturated rings. The molecular formula is C5H17BNOP. The van der Waals surface area contributed by atoms with Crippen LogP contribution in [0.25, 0.3) is 0 Å². The van der Waals surface area contributed by atoms with Crippen molar-refractivity contribution in [3.05, 3.63) is 0 Å². The lowest BCUT2D eigenvalue weighted by molar-refractivity contribution is 0.603. The maximum atomic E-state index is 8.02. The van der Waals surface area contributed by atoms with E-state index in [2.05, 4.69) is 28.3 Å². The number of rotatable bonds is 2. The molecule has 0 heterocycles. The maximum absolute atomic E-state index is 8.02. The third-order valence-corrected chi connectivity index (χ3v) is 0.500. The van der Waals surface area contributed by atoms with Gasteiger partial charge in [-0.2, -0.15) is 0 Å². The van der Waals surface area contributed by atoms with E-state index in [0.29, 0.717) is 0 Å². The fraction of sp³-hybridized carbons (Fsp3) is 1.00. The SMILES string of the molecule is CB(O)P.CCNCC. The Balaban J connectivity index is 0. The van der Waals surface area contributed by atoms with Crippen molar-refractivity contribution in [2.24, 2.45) is 0 Å². The largest absolute Gasteiger partial charge is 0.447 e. The Morgan fingerprint density at radius 2 is 1.67 bits per heavy atom. The average molecular weight is 149 g/mol. The monoisotopic (exact) mass is 149 g/mol. The molecule has 1 atom stereocenters. The van der Waals surface area contributed by atoms with Crippen LogP contribution in [-0.2, 0) is 0 Å². The second kappa shape index (κ2) is 11.2. The van der Waals surface area contributed by atoms with Gasteiger partial charge < -0.3 is 10.3 Å². The summed E-state index contributed by atoms with van der Waals surface area (Å²) in [5, 5.41) is 11.1. The number of hydrogen-bond acceptors (Lipinski definition) is 2. The van der Waals surface area contributed by atoms with Crippen LogP contribution in [0.5, 0.6) is 0 Å². The van der Waals surface area contributed by atoms with Crippen molar-refractivity contribution in [2.75, 3.05) is 13.1 Å². The van der Waals surface area contributed by atoms with Gasteiger partial charge in [-0.05, 0) is 13.1 Å². The van der Waals surface area contributed by atoms with Crippen LogP contribution in [0.1, 0.15) is 13.8 Å². The predicted molar refractivity (Wildman–Crippen MR) is 47.8 cm³/mol. The van der Waals surface area contributed by atoms with Crippen LogP contribution < -0.4 is 5.32 Å². The Morgan fingerprint density at radius 1 is 1.44 bits per heavy atom. The minimum atomic E-state index is -0.250. The fourth-order valence-corrected chi connectivity index (χ4v) is 0.250. The van der Waals surface area contributed by atoms with Gasteiger partial charge in [0.15, 0.2) is 0 Å². The lowest BCUT2D eigenvalue weighted by atomic mass is 10.1. The van der Waals surface area contributed by atoms with Gasteiger partial charge in [-0.1, -0.05) is 20.7 Å². The van der Waals surface area contributed by atoms with E-state index in [1.807, 2.05) is 0 Å². The van der Waals surface area contributed by atoms with Gasteiger partial charge in [0.1, 0.15) is 0 Å². The zero-order valence-electron chi connectivity index (χ0n) is 6.52. The summed E-state index contributed by atoms with van der Waals surface area (Å²) in [5.41, 5.74) is 0. The van der Waals surface area contributed by atoms with E-state index in [0.717, 1.165) is 13.1 Å². The van der Waals surface area contributed by atoms with Gasteiger partial charge in [0, 0.05) is 0 Å². The molecule has 0 aliphatic carbocycles. The Labute approximate surface area is 60.7 Å². The van der Waals surface area contributed by atoms with Crippen LogP contribution in [0.3, 0.4) is 0 Å². The molecule has 0 spiro atoms. The molecular weight excluding hydrogens is 132 g/mol. The van der Waals surface area contributed by atoms with Crippen molar-refractivity contribution in [1.29, 1.82) is 0 Å². The minimum absolute atomic E-state index is 0.250. The Hall–Kier alpha value is 0.415. The molecule has 0 aliphatic rings. The van der Waals surface area contributed by atoms with Crippen LogP contribution in [0.15, 0.2) is 0 Å². The summed E-state index contributed by atoms with van der Waals surface area (Å²) in [6.45, 7) is 7.82. The van der Waals surface area contributed by atoms with Gasteiger partial charge in [-0.15, -0.1) is 9.12 Å². The quantitative estimate of drug-likeness (QED) is 0.444. The molecule has 0 aromatic heterocycles. The first kappa shape index (κ1) is 12.1. The van der Waals surface area contributed by atoms with E-state index >= 15 is 0 Å². The van der Waals surface area contributed by atoms with E-state index in [4.69, 9.17) is 5.02 Å². The third kappa shape index (κ3) is 59.4. The number of nitrogens with one attached hydrogen (secondary N) is 1. The highest BCUT2D eigenvalue weighted by atomic mass is 31.0. The summed E-state index contributed by atoms with van der Waals surface area (Å²) in [6.07, 6.45) is 0. The van der Waals surface area contributed by atoms with Gasteiger partial charge in [0.25, 0.3) is 0 Å². The van der Waals surface area contributed by atoms with Crippen molar-refractivity contribution in [2.45, 2.75) is 20.7 Å². The average Bonchev–Trinajstić information content (AvgIpc) is 1.66. The van der Waals surface area contributed by atoms with Crippen LogP contribution in [0.2, 0.25) is 6.82 Å². The van der Waals surface area contributed by atoms with Gasteiger partial charge in [0.05, 0.1) is 0 Å².